The van der Waals surface area contributed by atoms with Gasteiger partial charge in [0.1, 0.15) is 5.82 Å². The highest BCUT2D eigenvalue weighted by Crippen LogP contribution is 2.22. The minimum atomic E-state index is -1.27. The first-order chi connectivity index (χ1) is 8.88. The van der Waals surface area contributed by atoms with Gasteiger partial charge in [0.25, 0.3) is 5.91 Å². The molecular weight excluding hydrogens is 262 g/mol. The fourth-order valence-corrected chi connectivity index (χ4v) is 1.46. The monoisotopic (exact) mass is 274 g/mol. The Morgan fingerprint density at radius 1 is 1.42 bits per heavy atom. The molecule has 0 bridgehead atoms. The molecule has 0 fully saturated rings. The molecule has 0 saturated heterocycles. The van der Waals surface area contributed by atoms with Gasteiger partial charge >= 0.3 is 5.69 Å². The number of halogens is 2. The number of hydrogen-bond donors (Lipinski definition) is 1. The van der Waals surface area contributed by atoms with Crippen LogP contribution >= 0.6 is 0 Å². The van der Waals surface area contributed by atoms with Crippen molar-refractivity contribution < 1.29 is 23.6 Å². The molecule has 0 radical (unpaired) electrons. The molecule has 0 unspecified atom stereocenters. The van der Waals surface area contributed by atoms with Gasteiger partial charge in [0.05, 0.1) is 16.6 Å². The second-order valence-corrected chi connectivity index (χ2v) is 3.84. The lowest BCUT2D eigenvalue weighted by Crippen LogP contribution is -2.29. The van der Waals surface area contributed by atoms with Crippen LogP contribution in [0, 0.1) is 21.7 Å². The molecule has 19 heavy (non-hydrogen) atoms. The first-order valence-electron chi connectivity index (χ1n) is 5.38. The minimum Gasteiger partial charge on any atom is -0.396 e. The van der Waals surface area contributed by atoms with Crippen LogP contribution < -0.4 is 0 Å². The zero-order valence-corrected chi connectivity index (χ0v) is 10.1. The highest BCUT2D eigenvalue weighted by Gasteiger charge is 2.23. The smallest absolute Gasteiger partial charge is 0.307 e. The lowest BCUT2D eigenvalue weighted by molar-refractivity contribution is -0.387. The molecule has 1 aromatic rings. The molecule has 0 aliphatic heterocycles. The zero-order chi connectivity index (χ0) is 14.6. The Bertz CT molecular complexity index is 508. The third kappa shape index (κ3) is 3.44. The maximum absolute atomic E-state index is 13.6. The van der Waals surface area contributed by atoms with E-state index in [9.17, 15) is 23.7 Å². The van der Waals surface area contributed by atoms with E-state index in [1.807, 2.05) is 0 Å². The standard InChI is InChI=1S/C11H12F2N2O4/c1-14(3-2-4-16)11(17)7-5-9(13)10(15(18)19)6-8(7)12/h5-6,16H,2-4H2,1H3. The normalized spacial score (nSPS) is 10.3. The van der Waals surface area contributed by atoms with E-state index in [-0.39, 0.29) is 13.2 Å². The number of hydrogen-bond acceptors (Lipinski definition) is 4. The van der Waals surface area contributed by atoms with Gasteiger partial charge in [-0.1, -0.05) is 0 Å². The third-order valence-electron chi connectivity index (χ3n) is 2.46. The quantitative estimate of drug-likeness (QED) is 0.648. The minimum absolute atomic E-state index is 0.144. The van der Waals surface area contributed by atoms with E-state index in [2.05, 4.69) is 0 Å². The lowest BCUT2D eigenvalue weighted by atomic mass is 10.1. The summed E-state index contributed by atoms with van der Waals surface area (Å²) >= 11 is 0. The number of nitro groups is 1. The van der Waals surface area contributed by atoms with Gasteiger partial charge in [0, 0.05) is 20.2 Å². The van der Waals surface area contributed by atoms with E-state index >= 15 is 0 Å². The highest BCUT2D eigenvalue weighted by molar-refractivity contribution is 5.94. The molecule has 1 amide bonds. The third-order valence-corrected chi connectivity index (χ3v) is 2.46. The van der Waals surface area contributed by atoms with Crippen molar-refractivity contribution in [1.29, 1.82) is 0 Å². The maximum Gasteiger partial charge on any atom is 0.307 e. The Morgan fingerprint density at radius 2 is 2.05 bits per heavy atom. The number of nitrogens with zero attached hydrogens (tertiary/aromatic N) is 2. The Kier molecular flexibility index (Phi) is 4.87. The molecule has 104 valence electrons. The Balaban J connectivity index is 3.05. The van der Waals surface area contributed by atoms with Crippen molar-refractivity contribution in [2.24, 2.45) is 0 Å². The number of benzene rings is 1. The first kappa shape index (κ1) is 15.0. The second kappa shape index (κ2) is 6.19. The van der Waals surface area contributed by atoms with Crippen LogP contribution in [0.4, 0.5) is 14.5 Å². The van der Waals surface area contributed by atoms with Gasteiger partial charge in [-0.05, 0) is 12.5 Å². The summed E-state index contributed by atoms with van der Waals surface area (Å²) in [5, 5.41) is 19.0. The van der Waals surface area contributed by atoms with E-state index in [1.165, 1.54) is 7.05 Å². The molecule has 0 aromatic heterocycles. The average molecular weight is 274 g/mol. The molecule has 1 rings (SSSR count). The summed E-state index contributed by atoms with van der Waals surface area (Å²) < 4.78 is 26.9. The summed E-state index contributed by atoms with van der Waals surface area (Å²) in [7, 11) is 1.36. The molecule has 0 spiro atoms. The zero-order valence-electron chi connectivity index (χ0n) is 10.1. The van der Waals surface area contributed by atoms with Crippen molar-refractivity contribution in [3.8, 4) is 0 Å². The summed E-state index contributed by atoms with van der Waals surface area (Å²) in [6.07, 6.45) is 0.291. The predicted octanol–water partition coefficient (Wildman–Crippen LogP) is 1.33. The first-order valence-corrected chi connectivity index (χ1v) is 5.38. The van der Waals surface area contributed by atoms with Crippen LogP contribution in [0.1, 0.15) is 16.8 Å². The number of nitro benzene ring substituents is 1. The number of aliphatic hydroxyl groups is 1. The number of aliphatic hydroxyl groups excluding tert-OH is 1. The topological polar surface area (TPSA) is 83.7 Å². The van der Waals surface area contributed by atoms with Crippen molar-refractivity contribution in [3.05, 3.63) is 39.4 Å². The van der Waals surface area contributed by atoms with Gasteiger partial charge in [0.15, 0.2) is 0 Å². The predicted molar refractivity (Wildman–Crippen MR) is 61.7 cm³/mol. The summed E-state index contributed by atoms with van der Waals surface area (Å²) in [6, 6.07) is 0.883. The van der Waals surface area contributed by atoms with Gasteiger partial charge in [-0.15, -0.1) is 0 Å². The number of rotatable bonds is 5. The molecular formula is C11H12F2N2O4. The second-order valence-electron chi connectivity index (χ2n) is 3.84. The molecule has 6 nitrogen and oxygen atoms in total. The van der Waals surface area contributed by atoms with Crippen molar-refractivity contribution in [2.45, 2.75) is 6.42 Å². The Morgan fingerprint density at radius 3 is 2.58 bits per heavy atom. The van der Waals surface area contributed by atoms with Crippen LogP contribution in [0.3, 0.4) is 0 Å². The summed E-state index contributed by atoms with van der Waals surface area (Å²) in [6.45, 7) is 0.0160. The SMILES string of the molecule is CN(CCCO)C(=O)c1cc(F)c([N+](=O)[O-])cc1F. The molecule has 0 aliphatic rings. The molecule has 8 heteroatoms. The van der Waals surface area contributed by atoms with Crippen LogP contribution in [-0.4, -0.2) is 41.0 Å². The molecule has 1 aromatic carbocycles. The molecule has 1 N–H and O–H groups in total. The van der Waals surface area contributed by atoms with E-state index in [0.29, 0.717) is 18.6 Å². The van der Waals surface area contributed by atoms with E-state index in [0.717, 1.165) is 4.90 Å². The van der Waals surface area contributed by atoms with Crippen molar-refractivity contribution in [1.82, 2.24) is 4.90 Å². The van der Waals surface area contributed by atoms with Gasteiger partial charge in [-0.2, -0.15) is 4.39 Å². The van der Waals surface area contributed by atoms with Gasteiger partial charge in [-0.3, -0.25) is 14.9 Å². The molecule has 0 saturated carbocycles. The number of carbonyl (C=O) groups excluding carboxylic acids is 1. The average Bonchev–Trinajstić information content (AvgIpc) is 2.36. The molecule has 0 heterocycles. The Labute approximate surface area is 107 Å². The van der Waals surface area contributed by atoms with E-state index < -0.39 is 33.7 Å². The number of carbonyl (C=O) groups is 1. The van der Waals surface area contributed by atoms with Crippen LogP contribution in [-0.2, 0) is 0 Å². The maximum atomic E-state index is 13.6. The fraction of sp³-hybridized carbons (Fsp3) is 0.364. The molecule has 0 atom stereocenters. The highest BCUT2D eigenvalue weighted by atomic mass is 19.1. The van der Waals surface area contributed by atoms with Crippen LogP contribution in [0.5, 0.6) is 0 Å². The van der Waals surface area contributed by atoms with Crippen LogP contribution in [0.25, 0.3) is 0 Å². The van der Waals surface area contributed by atoms with E-state index in [1.54, 1.807) is 0 Å². The van der Waals surface area contributed by atoms with Crippen LogP contribution in [0.2, 0.25) is 0 Å². The molecule has 0 aliphatic carbocycles. The van der Waals surface area contributed by atoms with Crippen molar-refractivity contribution >= 4 is 11.6 Å². The largest absolute Gasteiger partial charge is 0.396 e. The van der Waals surface area contributed by atoms with Gasteiger partial charge < -0.3 is 10.0 Å². The lowest BCUT2D eigenvalue weighted by Gasteiger charge is -2.16. The number of amides is 1. The Hall–Kier alpha value is -2.09. The fourth-order valence-electron chi connectivity index (χ4n) is 1.46. The van der Waals surface area contributed by atoms with E-state index in [4.69, 9.17) is 5.11 Å². The van der Waals surface area contributed by atoms with Gasteiger partial charge in [0.2, 0.25) is 5.82 Å². The van der Waals surface area contributed by atoms with Crippen molar-refractivity contribution in [3.63, 3.8) is 0 Å². The summed E-state index contributed by atoms with van der Waals surface area (Å²) in [5.41, 5.74) is -1.60. The summed E-state index contributed by atoms with van der Waals surface area (Å²) in [4.78, 5) is 22.2. The van der Waals surface area contributed by atoms with Crippen molar-refractivity contribution in [2.75, 3.05) is 20.2 Å². The van der Waals surface area contributed by atoms with Crippen LogP contribution in [0.15, 0.2) is 12.1 Å². The van der Waals surface area contributed by atoms with Gasteiger partial charge in [-0.25, -0.2) is 4.39 Å². The summed E-state index contributed by atoms with van der Waals surface area (Å²) in [5.74, 6) is -3.24.